The maximum absolute atomic E-state index is 12.3. The summed E-state index contributed by atoms with van der Waals surface area (Å²) in [5.41, 5.74) is 1.38. The fraction of sp³-hybridized carbons (Fsp3) is 0.312. The molecule has 1 aromatic heterocycles. The largest absolute Gasteiger partial charge is 0.448 e. The predicted molar refractivity (Wildman–Crippen MR) is 79.2 cm³/mol. The van der Waals surface area contributed by atoms with Crippen molar-refractivity contribution in [3.8, 4) is 0 Å². The first kappa shape index (κ1) is 14.3. The highest BCUT2D eigenvalue weighted by molar-refractivity contribution is 5.95. The molecule has 22 heavy (non-hydrogen) atoms. The summed E-state index contributed by atoms with van der Waals surface area (Å²) in [5, 5.41) is 6.96. The fourth-order valence-electron chi connectivity index (χ4n) is 2.55. The zero-order chi connectivity index (χ0) is 15.5. The number of nitrogens with one attached hydrogen (secondary N) is 1. The number of carbonyl (C=O) groups is 2. The van der Waals surface area contributed by atoms with Gasteiger partial charge in [0.2, 0.25) is 0 Å². The number of benzene rings is 1. The first-order valence-electron chi connectivity index (χ1n) is 7.20. The number of hydrogen-bond acceptors (Lipinski definition) is 4. The number of esters is 1. The molecule has 6 heteroatoms. The Hall–Kier alpha value is -2.63. The molecule has 0 aliphatic carbocycles. The summed E-state index contributed by atoms with van der Waals surface area (Å²) in [7, 11) is 0. The Labute approximate surface area is 128 Å². The van der Waals surface area contributed by atoms with Crippen molar-refractivity contribution in [2.24, 2.45) is 0 Å². The highest BCUT2D eigenvalue weighted by Gasteiger charge is 2.31. The minimum absolute atomic E-state index is 0.108. The molecule has 0 unspecified atom stereocenters. The molecule has 0 saturated heterocycles. The van der Waals surface area contributed by atoms with E-state index in [-0.39, 0.29) is 11.9 Å². The summed E-state index contributed by atoms with van der Waals surface area (Å²) in [6.45, 7) is 2.45. The number of carbonyl (C=O) groups excluding carboxylic acids is 2. The second kappa shape index (κ2) is 6.01. The van der Waals surface area contributed by atoms with Crippen LogP contribution >= 0.6 is 0 Å². The minimum atomic E-state index is -0.775. The zero-order valence-corrected chi connectivity index (χ0v) is 12.2. The maximum Gasteiger partial charge on any atom is 0.339 e. The Morgan fingerprint density at radius 2 is 2.27 bits per heavy atom. The molecule has 1 N–H and O–H groups in total. The standard InChI is InChI=1S/C16H17N3O3/c1-11(10-19-8-4-7-17-19)18-15(20)14-9-12-5-2-3-6-13(12)16(21)22-14/h2-8,11,14H,9-10H2,1H3,(H,18,20)/t11-,14-/m1/s1. The third kappa shape index (κ3) is 3.00. The number of fused-ring (bicyclic) bond motifs is 1. The molecule has 3 rings (SSSR count). The van der Waals surface area contributed by atoms with Gasteiger partial charge in [0.1, 0.15) is 0 Å². The highest BCUT2D eigenvalue weighted by Crippen LogP contribution is 2.20. The van der Waals surface area contributed by atoms with Crippen LogP contribution in [0.25, 0.3) is 0 Å². The maximum atomic E-state index is 12.3. The monoisotopic (exact) mass is 299 g/mol. The molecule has 2 aromatic rings. The lowest BCUT2D eigenvalue weighted by molar-refractivity contribution is -0.131. The summed E-state index contributed by atoms with van der Waals surface area (Å²) in [6, 6.07) is 8.92. The summed E-state index contributed by atoms with van der Waals surface area (Å²) < 4.78 is 6.98. The van der Waals surface area contributed by atoms with Gasteiger partial charge < -0.3 is 10.1 Å². The Kier molecular flexibility index (Phi) is 3.91. The van der Waals surface area contributed by atoms with Gasteiger partial charge in [-0.15, -0.1) is 0 Å². The molecule has 0 bridgehead atoms. The first-order chi connectivity index (χ1) is 10.6. The molecule has 114 valence electrons. The third-order valence-electron chi connectivity index (χ3n) is 3.59. The van der Waals surface area contributed by atoms with Gasteiger partial charge in [-0.3, -0.25) is 9.48 Å². The molecule has 0 radical (unpaired) electrons. The van der Waals surface area contributed by atoms with E-state index in [4.69, 9.17) is 4.74 Å². The van der Waals surface area contributed by atoms with Crippen LogP contribution in [0.3, 0.4) is 0 Å². The van der Waals surface area contributed by atoms with Gasteiger partial charge >= 0.3 is 5.97 Å². The van der Waals surface area contributed by atoms with Gasteiger partial charge in [-0.05, 0) is 24.6 Å². The molecule has 0 saturated carbocycles. The lowest BCUT2D eigenvalue weighted by Gasteiger charge is -2.25. The fourth-order valence-corrected chi connectivity index (χ4v) is 2.55. The molecule has 1 amide bonds. The van der Waals surface area contributed by atoms with E-state index < -0.39 is 12.1 Å². The van der Waals surface area contributed by atoms with E-state index in [0.29, 0.717) is 18.5 Å². The SMILES string of the molecule is C[C@H](Cn1cccn1)NC(=O)[C@H]1Cc2ccccc2C(=O)O1. The summed E-state index contributed by atoms with van der Waals surface area (Å²) in [4.78, 5) is 24.2. The molecule has 6 nitrogen and oxygen atoms in total. The topological polar surface area (TPSA) is 73.2 Å². The van der Waals surface area contributed by atoms with E-state index in [1.54, 1.807) is 23.0 Å². The van der Waals surface area contributed by atoms with Crippen LogP contribution in [0, 0.1) is 0 Å². The molecule has 1 aliphatic rings. The van der Waals surface area contributed by atoms with Crippen molar-refractivity contribution in [2.75, 3.05) is 0 Å². The minimum Gasteiger partial charge on any atom is -0.448 e. The number of ether oxygens (including phenoxy) is 1. The molecular weight excluding hydrogens is 282 g/mol. The third-order valence-corrected chi connectivity index (χ3v) is 3.59. The molecular formula is C16H17N3O3. The number of amides is 1. The Morgan fingerprint density at radius 3 is 3.05 bits per heavy atom. The smallest absolute Gasteiger partial charge is 0.339 e. The quantitative estimate of drug-likeness (QED) is 0.860. The first-order valence-corrected chi connectivity index (χ1v) is 7.20. The normalized spacial score (nSPS) is 18.2. The van der Waals surface area contributed by atoms with Gasteiger partial charge in [0, 0.05) is 24.9 Å². The lowest BCUT2D eigenvalue weighted by atomic mass is 9.98. The second-order valence-electron chi connectivity index (χ2n) is 5.39. The number of hydrogen-bond donors (Lipinski definition) is 1. The Morgan fingerprint density at radius 1 is 1.45 bits per heavy atom. The van der Waals surface area contributed by atoms with E-state index in [1.165, 1.54) is 0 Å². The Bertz CT molecular complexity index is 682. The van der Waals surface area contributed by atoms with Gasteiger partial charge in [0.15, 0.2) is 6.10 Å². The highest BCUT2D eigenvalue weighted by atomic mass is 16.5. The van der Waals surface area contributed by atoms with Crippen molar-refractivity contribution in [3.63, 3.8) is 0 Å². The number of aromatic nitrogens is 2. The zero-order valence-electron chi connectivity index (χ0n) is 12.2. The van der Waals surface area contributed by atoms with Crippen LogP contribution in [-0.4, -0.2) is 33.8 Å². The summed E-state index contributed by atoms with van der Waals surface area (Å²) >= 11 is 0. The van der Waals surface area contributed by atoms with Crippen LogP contribution in [0.1, 0.15) is 22.8 Å². The van der Waals surface area contributed by atoms with Crippen molar-refractivity contribution < 1.29 is 14.3 Å². The Balaban J connectivity index is 1.62. The van der Waals surface area contributed by atoms with E-state index in [2.05, 4.69) is 10.4 Å². The molecule has 1 aliphatic heterocycles. The van der Waals surface area contributed by atoms with Gasteiger partial charge in [0.05, 0.1) is 12.1 Å². The second-order valence-corrected chi connectivity index (χ2v) is 5.39. The number of rotatable bonds is 4. The van der Waals surface area contributed by atoms with Crippen LogP contribution in [-0.2, 0) is 22.5 Å². The van der Waals surface area contributed by atoms with E-state index in [0.717, 1.165) is 5.56 Å². The molecule has 1 aromatic carbocycles. The van der Waals surface area contributed by atoms with E-state index in [9.17, 15) is 9.59 Å². The van der Waals surface area contributed by atoms with Crippen LogP contribution in [0.5, 0.6) is 0 Å². The molecule has 0 spiro atoms. The van der Waals surface area contributed by atoms with Crippen molar-refractivity contribution in [3.05, 3.63) is 53.9 Å². The number of cyclic esters (lactones) is 1. The van der Waals surface area contributed by atoms with Crippen LogP contribution in [0.15, 0.2) is 42.7 Å². The van der Waals surface area contributed by atoms with Gasteiger partial charge in [0.25, 0.3) is 5.91 Å². The van der Waals surface area contributed by atoms with Crippen molar-refractivity contribution in [1.82, 2.24) is 15.1 Å². The van der Waals surface area contributed by atoms with Crippen LogP contribution in [0.2, 0.25) is 0 Å². The summed E-state index contributed by atoms with van der Waals surface area (Å²) in [6.07, 6.45) is 3.15. The molecule has 0 fully saturated rings. The van der Waals surface area contributed by atoms with Crippen LogP contribution < -0.4 is 5.32 Å². The van der Waals surface area contributed by atoms with Crippen molar-refractivity contribution in [1.29, 1.82) is 0 Å². The van der Waals surface area contributed by atoms with Gasteiger partial charge in [-0.2, -0.15) is 5.10 Å². The average molecular weight is 299 g/mol. The van der Waals surface area contributed by atoms with Gasteiger partial charge in [-0.25, -0.2) is 4.79 Å². The van der Waals surface area contributed by atoms with E-state index >= 15 is 0 Å². The average Bonchev–Trinajstić information content (AvgIpc) is 3.00. The van der Waals surface area contributed by atoms with Gasteiger partial charge in [-0.1, -0.05) is 18.2 Å². The van der Waals surface area contributed by atoms with Crippen molar-refractivity contribution in [2.45, 2.75) is 32.0 Å². The molecule has 2 atom stereocenters. The number of nitrogens with zero attached hydrogens (tertiary/aromatic N) is 2. The van der Waals surface area contributed by atoms with Crippen LogP contribution in [0.4, 0.5) is 0 Å². The van der Waals surface area contributed by atoms with Crippen molar-refractivity contribution >= 4 is 11.9 Å². The van der Waals surface area contributed by atoms with E-state index in [1.807, 2.05) is 31.3 Å². The molecule has 2 heterocycles. The predicted octanol–water partition coefficient (Wildman–Crippen LogP) is 1.17. The lowest BCUT2D eigenvalue weighted by Crippen LogP contribution is -2.46. The summed E-state index contributed by atoms with van der Waals surface area (Å²) in [5.74, 6) is -0.718.